The Bertz CT molecular complexity index is 327. The average Bonchev–Trinajstić information content (AvgIpc) is 2.20. The second kappa shape index (κ2) is 5.47. The Kier molecular flexibility index (Phi) is 4.55. The average molecular weight is 231 g/mol. The van der Waals surface area contributed by atoms with E-state index in [1.54, 1.807) is 6.07 Å². The molecule has 1 aromatic rings. The van der Waals surface area contributed by atoms with Crippen LogP contribution < -0.4 is 0 Å². The quantitative estimate of drug-likeness (QED) is 0.840. The van der Waals surface area contributed by atoms with Gasteiger partial charge in [0.1, 0.15) is 5.82 Å². The SMILES string of the molecule is CCC(C)C(O)Cc1ccc(F)cc1Cl. The number of rotatable bonds is 4. The van der Waals surface area contributed by atoms with Gasteiger partial charge in [-0.25, -0.2) is 4.39 Å². The number of aliphatic hydroxyl groups excluding tert-OH is 1. The van der Waals surface area contributed by atoms with Crippen LogP contribution in [0.25, 0.3) is 0 Å². The van der Waals surface area contributed by atoms with E-state index in [0.717, 1.165) is 12.0 Å². The third kappa shape index (κ3) is 3.47. The first-order valence-corrected chi connectivity index (χ1v) is 5.54. The minimum atomic E-state index is -0.419. The first kappa shape index (κ1) is 12.5. The topological polar surface area (TPSA) is 20.2 Å². The molecule has 0 aromatic heterocycles. The molecule has 1 rings (SSSR count). The molecule has 84 valence electrons. The highest BCUT2D eigenvalue weighted by atomic mass is 35.5. The van der Waals surface area contributed by atoms with E-state index in [1.165, 1.54) is 12.1 Å². The highest BCUT2D eigenvalue weighted by Gasteiger charge is 2.14. The highest BCUT2D eigenvalue weighted by molar-refractivity contribution is 6.31. The van der Waals surface area contributed by atoms with Crippen LogP contribution in [0.15, 0.2) is 18.2 Å². The standard InChI is InChI=1S/C12H16ClFO/c1-3-8(2)12(15)6-9-4-5-10(14)7-11(9)13/h4-5,7-8,12,15H,3,6H2,1-2H3. The summed E-state index contributed by atoms with van der Waals surface area (Å²) in [6.45, 7) is 4.02. The molecule has 1 aromatic carbocycles. The van der Waals surface area contributed by atoms with E-state index in [-0.39, 0.29) is 11.7 Å². The molecule has 0 radical (unpaired) electrons. The van der Waals surface area contributed by atoms with Gasteiger partial charge < -0.3 is 5.11 Å². The largest absolute Gasteiger partial charge is 0.393 e. The van der Waals surface area contributed by atoms with Crippen molar-refractivity contribution >= 4 is 11.6 Å². The second-order valence-corrected chi connectivity index (χ2v) is 4.30. The molecule has 2 unspecified atom stereocenters. The molecule has 1 nitrogen and oxygen atoms in total. The van der Waals surface area contributed by atoms with Crippen LogP contribution in [0.3, 0.4) is 0 Å². The summed E-state index contributed by atoms with van der Waals surface area (Å²) in [6.07, 6.45) is 0.978. The van der Waals surface area contributed by atoms with Crippen LogP contribution in [0.5, 0.6) is 0 Å². The van der Waals surface area contributed by atoms with Crippen molar-refractivity contribution in [1.82, 2.24) is 0 Å². The molecule has 15 heavy (non-hydrogen) atoms. The molecule has 0 aliphatic heterocycles. The molecule has 0 saturated heterocycles. The molecule has 0 aliphatic rings. The zero-order valence-corrected chi connectivity index (χ0v) is 9.76. The van der Waals surface area contributed by atoms with Crippen LogP contribution in [-0.2, 0) is 6.42 Å². The number of halogens is 2. The fourth-order valence-corrected chi connectivity index (χ4v) is 1.63. The highest BCUT2D eigenvalue weighted by Crippen LogP contribution is 2.21. The first-order valence-electron chi connectivity index (χ1n) is 5.16. The molecule has 0 saturated carbocycles. The van der Waals surface area contributed by atoms with E-state index in [4.69, 9.17) is 11.6 Å². The molecule has 2 atom stereocenters. The zero-order chi connectivity index (χ0) is 11.4. The smallest absolute Gasteiger partial charge is 0.124 e. The monoisotopic (exact) mass is 230 g/mol. The van der Waals surface area contributed by atoms with Gasteiger partial charge in [-0.05, 0) is 23.6 Å². The normalized spacial score (nSPS) is 15.0. The summed E-state index contributed by atoms with van der Waals surface area (Å²) in [5.41, 5.74) is 0.797. The van der Waals surface area contributed by atoms with Gasteiger partial charge in [0, 0.05) is 11.4 Å². The van der Waals surface area contributed by atoms with Crippen molar-refractivity contribution in [2.45, 2.75) is 32.8 Å². The lowest BCUT2D eigenvalue weighted by Crippen LogP contribution is -2.19. The summed E-state index contributed by atoms with van der Waals surface area (Å²) in [5, 5.41) is 10.2. The van der Waals surface area contributed by atoms with Crippen molar-refractivity contribution in [3.63, 3.8) is 0 Å². The summed E-state index contributed by atoms with van der Waals surface area (Å²) < 4.78 is 12.8. The predicted octanol–water partition coefficient (Wildman–Crippen LogP) is 3.43. The first-order chi connectivity index (χ1) is 7.04. The van der Waals surface area contributed by atoms with Crippen LogP contribution in [0.1, 0.15) is 25.8 Å². The Labute approximate surface area is 94.9 Å². The minimum Gasteiger partial charge on any atom is -0.393 e. The number of hydrogen-bond acceptors (Lipinski definition) is 1. The van der Waals surface area contributed by atoms with Gasteiger partial charge in [-0.3, -0.25) is 0 Å². The fraction of sp³-hybridized carbons (Fsp3) is 0.500. The Hall–Kier alpha value is -0.600. The Morgan fingerprint density at radius 2 is 2.13 bits per heavy atom. The van der Waals surface area contributed by atoms with Gasteiger partial charge in [-0.2, -0.15) is 0 Å². The molecule has 0 fully saturated rings. The number of benzene rings is 1. The number of aliphatic hydroxyl groups is 1. The summed E-state index contributed by atoms with van der Waals surface area (Å²) in [7, 11) is 0. The lowest BCUT2D eigenvalue weighted by molar-refractivity contribution is 0.115. The van der Waals surface area contributed by atoms with E-state index < -0.39 is 6.10 Å². The van der Waals surface area contributed by atoms with Crippen LogP contribution >= 0.6 is 11.6 Å². The van der Waals surface area contributed by atoms with Crippen LogP contribution in [0.4, 0.5) is 4.39 Å². The third-order valence-electron chi connectivity index (χ3n) is 2.74. The molecule has 0 amide bonds. The molecule has 1 N–H and O–H groups in total. The van der Waals surface area contributed by atoms with Crippen molar-refractivity contribution in [2.75, 3.05) is 0 Å². The maximum Gasteiger partial charge on any atom is 0.124 e. The van der Waals surface area contributed by atoms with E-state index in [0.29, 0.717) is 11.4 Å². The van der Waals surface area contributed by atoms with Crippen LogP contribution in [-0.4, -0.2) is 11.2 Å². The predicted molar refractivity (Wildman–Crippen MR) is 60.6 cm³/mol. The van der Waals surface area contributed by atoms with Gasteiger partial charge in [-0.15, -0.1) is 0 Å². The van der Waals surface area contributed by atoms with Crippen molar-refractivity contribution in [3.05, 3.63) is 34.6 Å². The molecular formula is C12H16ClFO. The van der Waals surface area contributed by atoms with Gasteiger partial charge >= 0.3 is 0 Å². The molecule has 0 spiro atoms. The minimum absolute atomic E-state index is 0.228. The van der Waals surface area contributed by atoms with Crippen molar-refractivity contribution in [3.8, 4) is 0 Å². The number of hydrogen-bond donors (Lipinski definition) is 1. The van der Waals surface area contributed by atoms with Crippen molar-refractivity contribution in [2.24, 2.45) is 5.92 Å². The van der Waals surface area contributed by atoms with E-state index >= 15 is 0 Å². The van der Waals surface area contributed by atoms with Gasteiger partial charge in [0.05, 0.1) is 6.10 Å². The van der Waals surface area contributed by atoms with Gasteiger partial charge in [0.15, 0.2) is 0 Å². The maximum absolute atomic E-state index is 12.8. The summed E-state index contributed by atoms with van der Waals surface area (Å²) in [6, 6.07) is 4.27. The molecule has 3 heteroatoms. The van der Waals surface area contributed by atoms with Crippen LogP contribution in [0.2, 0.25) is 5.02 Å². The van der Waals surface area contributed by atoms with E-state index in [9.17, 15) is 9.50 Å². The molecule has 0 aliphatic carbocycles. The van der Waals surface area contributed by atoms with Gasteiger partial charge in [0.2, 0.25) is 0 Å². The van der Waals surface area contributed by atoms with Crippen molar-refractivity contribution in [1.29, 1.82) is 0 Å². The molecular weight excluding hydrogens is 215 g/mol. The fourth-order valence-electron chi connectivity index (χ4n) is 1.39. The van der Waals surface area contributed by atoms with Gasteiger partial charge in [0.25, 0.3) is 0 Å². The zero-order valence-electron chi connectivity index (χ0n) is 9.00. The maximum atomic E-state index is 12.8. The van der Waals surface area contributed by atoms with Crippen molar-refractivity contribution < 1.29 is 9.50 Å². The Morgan fingerprint density at radius 3 is 2.67 bits per heavy atom. The third-order valence-corrected chi connectivity index (χ3v) is 3.10. The van der Waals surface area contributed by atoms with E-state index in [2.05, 4.69) is 0 Å². The Morgan fingerprint density at radius 1 is 1.47 bits per heavy atom. The Balaban J connectivity index is 2.72. The summed E-state index contributed by atoms with van der Waals surface area (Å²) >= 11 is 5.87. The van der Waals surface area contributed by atoms with Crippen LogP contribution in [0, 0.1) is 11.7 Å². The van der Waals surface area contributed by atoms with E-state index in [1.807, 2.05) is 13.8 Å². The lowest BCUT2D eigenvalue weighted by atomic mass is 9.96. The molecule has 0 heterocycles. The summed E-state index contributed by atoms with van der Waals surface area (Å²) in [4.78, 5) is 0. The lowest BCUT2D eigenvalue weighted by Gasteiger charge is -2.17. The molecule has 0 bridgehead atoms. The second-order valence-electron chi connectivity index (χ2n) is 3.89. The summed E-state index contributed by atoms with van der Waals surface area (Å²) in [5.74, 6) is -0.118. The van der Waals surface area contributed by atoms with Gasteiger partial charge in [-0.1, -0.05) is 37.9 Å².